The normalized spacial score (nSPS) is 18.8. The van der Waals surface area contributed by atoms with E-state index in [0.29, 0.717) is 56.2 Å². The van der Waals surface area contributed by atoms with Crippen molar-refractivity contribution < 1.29 is 19.4 Å². The summed E-state index contributed by atoms with van der Waals surface area (Å²) in [4.78, 5) is 37.2. The van der Waals surface area contributed by atoms with E-state index in [1.807, 2.05) is 45.9 Å². The van der Waals surface area contributed by atoms with Crippen LogP contribution in [0.4, 0.5) is 4.79 Å². The number of hydrogen-bond acceptors (Lipinski definition) is 6. The van der Waals surface area contributed by atoms with Gasteiger partial charge < -0.3 is 19.6 Å². The summed E-state index contributed by atoms with van der Waals surface area (Å²) in [6.07, 6.45) is 4.10. The summed E-state index contributed by atoms with van der Waals surface area (Å²) in [6.45, 7) is 4.10. The number of fused-ring (bicyclic) bond motifs is 4. The molecule has 0 atom stereocenters. The van der Waals surface area contributed by atoms with Gasteiger partial charge in [0.1, 0.15) is 11.5 Å². The fourth-order valence-corrected chi connectivity index (χ4v) is 6.96. The van der Waals surface area contributed by atoms with E-state index in [-0.39, 0.29) is 17.7 Å². The maximum absolute atomic E-state index is 13.6. The Morgan fingerprint density at radius 2 is 2.00 bits per heavy atom. The summed E-state index contributed by atoms with van der Waals surface area (Å²) >= 11 is 1.43. The first-order chi connectivity index (χ1) is 17.4. The van der Waals surface area contributed by atoms with E-state index in [1.54, 1.807) is 19.2 Å². The number of hydrogen-bond donors (Lipinski definition) is 1. The Morgan fingerprint density at radius 1 is 1.22 bits per heavy atom. The van der Waals surface area contributed by atoms with Crippen LogP contribution in [0, 0.1) is 0 Å². The SMILES string of the molecule is CCN1C(=O)N2Cc3cc(O)cc(OC)c3CC=C2C12CCN(C(=O)c1nc3ccccc3s1)CC2. The molecule has 1 spiro atoms. The van der Waals surface area contributed by atoms with Gasteiger partial charge in [-0.3, -0.25) is 9.69 Å². The van der Waals surface area contributed by atoms with Crippen molar-refractivity contribution in [3.05, 3.63) is 64.3 Å². The molecule has 6 rings (SSSR count). The molecule has 2 aromatic carbocycles. The van der Waals surface area contributed by atoms with Gasteiger partial charge in [0.15, 0.2) is 5.01 Å². The number of nitrogens with zero attached hydrogens (tertiary/aromatic N) is 4. The minimum absolute atomic E-state index is 0.0233. The standard InChI is InChI=1S/C27H28N4O4S/c1-3-31-26(34)30-16-17-14-18(32)15-21(35-2)19(17)8-9-23(30)27(31)10-12-29(13-11-27)25(33)24-28-20-6-4-5-7-22(20)36-24/h4-7,9,14-15,32H,3,8,10-13,16H2,1-2H3. The summed E-state index contributed by atoms with van der Waals surface area (Å²) in [6, 6.07) is 11.1. The van der Waals surface area contributed by atoms with Gasteiger partial charge in [-0.15, -0.1) is 11.3 Å². The lowest BCUT2D eigenvalue weighted by Gasteiger charge is -2.44. The zero-order valence-electron chi connectivity index (χ0n) is 20.4. The Hall–Kier alpha value is -3.59. The fourth-order valence-electron chi connectivity index (χ4n) is 6.03. The molecule has 36 heavy (non-hydrogen) atoms. The van der Waals surface area contributed by atoms with E-state index in [4.69, 9.17) is 4.74 Å². The number of carbonyl (C=O) groups is 2. The lowest BCUT2D eigenvalue weighted by molar-refractivity contribution is 0.0575. The molecule has 0 unspecified atom stereocenters. The van der Waals surface area contributed by atoms with E-state index in [1.165, 1.54) is 11.3 Å². The van der Waals surface area contributed by atoms with E-state index < -0.39 is 5.54 Å². The molecule has 1 aromatic heterocycles. The van der Waals surface area contributed by atoms with Crippen molar-refractivity contribution in [2.24, 2.45) is 0 Å². The fraction of sp³-hybridized carbons (Fsp3) is 0.370. The second-order valence-corrected chi connectivity index (χ2v) is 10.5. The third kappa shape index (κ3) is 3.37. The number of phenolic OH excluding ortho intramolecular Hbond substituents is 1. The summed E-state index contributed by atoms with van der Waals surface area (Å²) < 4.78 is 6.54. The number of methoxy groups -OCH3 is 1. The monoisotopic (exact) mass is 504 g/mol. The van der Waals surface area contributed by atoms with Crippen molar-refractivity contribution >= 4 is 33.5 Å². The molecule has 4 heterocycles. The molecule has 186 valence electrons. The van der Waals surface area contributed by atoms with Gasteiger partial charge in [-0.05, 0) is 49.9 Å². The summed E-state index contributed by atoms with van der Waals surface area (Å²) in [5.41, 5.74) is 3.28. The number of carbonyl (C=O) groups excluding carboxylic acids is 2. The zero-order valence-corrected chi connectivity index (χ0v) is 21.2. The summed E-state index contributed by atoms with van der Waals surface area (Å²) in [5.74, 6) is 0.718. The van der Waals surface area contributed by atoms with Crippen molar-refractivity contribution in [1.82, 2.24) is 19.7 Å². The highest BCUT2D eigenvalue weighted by molar-refractivity contribution is 7.20. The Morgan fingerprint density at radius 3 is 2.72 bits per heavy atom. The number of aromatic nitrogens is 1. The molecule has 2 fully saturated rings. The molecule has 9 heteroatoms. The van der Waals surface area contributed by atoms with E-state index in [2.05, 4.69) is 11.1 Å². The van der Waals surface area contributed by atoms with Crippen molar-refractivity contribution in [3.8, 4) is 11.5 Å². The summed E-state index contributed by atoms with van der Waals surface area (Å²) in [7, 11) is 1.60. The minimum Gasteiger partial charge on any atom is -0.508 e. The molecule has 3 amide bonds. The average molecular weight is 505 g/mol. The highest BCUT2D eigenvalue weighted by Gasteiger charge is 2.54. The Kier molecular flexibility index (Phi) is 5.40. The number of aromatic hydroxyl groups is 1. The third-order valence-corrected chi connectivity index (χ3v) is 8.78. The van der Waals surface area contributed by atoms with Crippen LogP contribution in [0.5, 0.6) is 11.5 Å². The number of urea groups is 1. The maximum atomic E-state index is 13.6. The first-order valence-corrected chi connectivity index (χ1v) is 13.1. The number of thiazole rings is 1. The molecule has 3 aliphatic rings. The topological polar surface area (TPSA) is 86.2 Å². The number of piperidine rings is 1. The molecule has 8 nitrogen and oxygen atoms in total. The van der Waals surface area contributed by atoms with Gasteiger partial charge in [0, 0.05) is 37.0 Å². The molecule has 3 aliphatic heterocycles. The molecular weight excluding hydrogens is 476 g/mol. The zero-order chi connectivity index (χ0) is 25.0. The smallest absolute Gasteiger partial charge is 0.325 e. The number of likely N-dealkylation sites (tertiary alicyclic amines) is 1. The maximum Gasteiger partial charge on any atom is 0.325 e. The summed E-state index contributed by atoms with van der Waals surface area (Å²) in [5, 5.41) is 10.7. The van der Waals surface area contributed by atoms with Crippen LogP contribution in [0.15, 0.2) is 48.2 Å². The quantitative estimate of drug-likeness (QED) is 0.572. The molecule has 0 aliphatic carbocycles. The third-order valence-electron chi connectivity index (χ3n) is 7.75. The molecule has 0 saturated carbocycles. The van der Waals surface area contributed by atoms with Crippen LogP contribution in [0.2, 0.25) is 0 Å². The van der Waals surface area contributed by atoms with Crippen LogP contribution < -0.4 is 4.74 Å². The van der Waals surface area contributed by atoms with Crippen LogP contribution in [0.25, 0.3) is 10.2 Å². The van der Waals surface area contributed by atoms with Crippen LogP contribution in [-0.2, 0) is 13.0 Å². The number of likely N-dealkylation sites (N-methyl/N-ethyl adjacent to an activating group) is 1. The van der Waals surface area contributed by atoms with Gasteiger partial charge in [0.05, 0.1) is 29.4 Å². The highest BCUT2D eigenvalue weighted by Crippen LogP contribution is 2.47. The molecule has 3 aromatic rings. The number of benzene rings is 2. The van der Waals surface area contributed by atoms with Crippen LogP contribution in [-0.4, -0.2) is 69.0 Å². The molecule has 0 radical (unpaired) electrons. The Labute approximate surface area is 213 Å². The van der Waals surface area contributed by atoms with Crippen molar-refractivity contribution in [2.75, 3.05) is 26.7 Å². The predicted molar refractivity (Wildman–Crippen MR) is 137 cm³/mol. The Bertz CT molecular complexity index is 1370. The number of ether oxygens (including phenoxy) is 1. The van der Waals surface area contributed by atoms with Crippen molar-refractivity contribution in [3.63, 3.8) is 0 Å². The van der Waals surface area contributed by atoms with Gasteiger partial charge in [-0.25, -0.2) is 9.78 Å². The first kappa shape index (κ1) is 22.8. The van der Waals surface area contributed by atoms with Gasteiger partial charge in [-0.2, -0.15) is 0 Å². The Balaban J connectivity index is 1.29. The van der Waals surface area contributed by atoms with E-state index in [9.17, 15) is 14.7 Å². The van der Waals surface area contributed by atoms with E-state index in [0.717, 1.165) is 27.0 Å². The van der Waals surface area contributed by atoms with Gasteiger partial charge in [0.2, 0.25) is 0 Å². The minimum atomic E-state index is -0.451. The molecular formula is C27H28N4O4S. The van der Waals surface area contributed by atoms with Gasteiger partial charge in [-0.1, -0.05) is 18.2 Å². The molecule has 0 bridgehead atoms. The van der Waals surface area contributed by atoms with Gasteiger partial charge in [0.25, 0.3) is 5.91 Å². The average Bonchev–Trinajstić information content (AvgIpc) is 3.33. The number of phenols is 1. The lowest BCUT2D eigenvalue weighted by atomic mass is 9.83. The molecule has 2 saturated heterocycles. The van der Waals surface area contributed by atoms with Gasteiger partial charge >= 0.3 is 6.03 Å². The van der Waals surface area contributed by atoms with Crippen LogP contribution in [0.3, 0.4) is 0 Å². The predicted octanol–water partition coefficient (Wildman–Crippen LogP) is 4.38. The number of allylic oxidation sites excluding steroid dienone is 1. The lowest BCUT2D eigenvalue weighted by Crippen LogP contribution is -2.54. The van der Waals surface area contributed by atoms with Crippen molar-refractivity contribution in [1.29, 1.82) is 0 Å². The second kappa shape index (κ2) is 8.51. The first-order valence-electron chi connectivity index (χ1n) is 12.3. The number of para-hydroxylation sites is 1. The van der Waals surface area contributed by atoms with Crippen molar-refractivity contribution in [2.45, 2.75) is 38.3 Å². The second-order valence-electron chi connectivity index (χ2n) is 9.50. The molecule has 1 N–H and O–H groups in total. The number of rotatable bonds is 3. The number of amides is 3. The van der Waals surface area contributed by atoms with Crippen LogP contribution >= 0.6 is 11.3 Å². The van der Waals surface area contributed by atoms with E-state index >= 15 is 0 Å². The highest BCUT2D eigenvalue weighted by atomic mass is 32.1. The van der Waals surface area contributed by atoms with Crippen LogP contribution in [0.1, 0.15) is 40.7 Å². The largest absolute Gasteiger partial charge is 0.508 e.